The van der Waals surface area contributed by atoms with E-state index in [0.717, 1.165) is 37.9 Å². The highest BCUT2D eigenvalue weighted by atomic mass is 19.3. The molecule has 2 aliphatic carbocycles. The van der Waals surface area contributed by atoms with E-state index < -0.39 is 36.2 Å². The average Bonchev–Trinajstić information content (AvgIpc) is 3.85. The van der Waals surface area contributed by atoms with Crippen LogP contribution in [0, 0.1) is 35.8 Å². The molecule has 3 heterocycles. The number of rotatable bonds is 11. The van der Waals surface area contributed by atoms with E-state index in [0.29, 0.717) is 22.3 Å². The van der Waals surface area contributed by atoms with Crippen LogP contribution in [0.4, 0.5) is 19.0 Å². The first-order chi connectivity index (χ1) is 19.5. The van der Waals surface area contributed by atoms with Crippen molar-refractivity contribution >= 4 is 17.6 Å². The Kier molecular flexibility index (Phi) is 7.87. The Morgan fingerprint density at radius 2 is 1.80 bits per heavy atom. The number of amides is 2. The highest BCUT2D eigenvalue weighted by molar-refractivity contribution is 6.00. The molecule has 0 aliphatic heterocycles. The fourth-order valence-electron chi connectivity index (χ4n) is 5.31. The summed E-state index contributed by atoms with van der Waals surface area (Å²) in [6.45, 7) is 2.03. The maximum absolute atomic E-state index is 15.2. The first-order valence-corrected chi connectivity index (χ1v) is 13.5. The summed E-state index contributed by atoms with van der Waals surface area (Å²) in [5.74, 6) is -1.94. The van der Waals surface area contributed by atoms with Gasteiger partial charge in [-0.3, -0.25) is 14.3 Å². The maximum atomic E-state index is 15.2. The lowest BCUT2D eigenvalue weighted by Crippen LogP contribution is -2.50. The lowest BCUT2D eigenvalue weighted by Gasteiger charge is -2.27. The normalized spacial score (nSPS) is 15.8. The fourth-order valence-corrected chi connectivity index (χ4v) is 5.31. The Morgan fingerprint density at radius 3 is 2.39 bits per heavy atom. The fraction of sp³-hybridized carbons (Fsp3) is 0.464. The molecule has 2 amide bonds. The zero-order valence-electron chi connectivity index (χ0n) is 22.8. The highest BCUT2D eigenvalue weighted by Gasteiger charge is 2.48. The quantitative estimate of drug-likeness (QED) is 0.200. The van der Waals surface area contributed by atoms with Gasteiger partial charge in [0.2, 0.25) is 18.1 Å². The molecule has 2 aliphatic rings. The van der Waals surface area contributed by atoms with Gasteiger partial charge >= 0.3 is 6.61 Å². The highest BCUT2D eigenvalue weighted by Crippen LogP contribution is 2.51. The van der Waals surface area contributed by atoms with Crippen LogP contribution in [0.15, 0.2) is 36.7 Å². The van der Waals surface area contributed by atoms with E-state index in [1.54, 1.807) is 10.7 Å². The molecule has 10 nitrogen and oxygen atoms in total. The van der Waals surface area contributed by atoms with Gasteiger partial charge in [-0.25, -0.2) is 4.98 Å². The van der Waals surface area contributed by atoms with Crippen LogP contribution < -0.4 is 20.1 Å². The average molecular weight is 573 g/mol. The maximum Gasteiger partial charge on any atom is 0.387 e. The van der Waals surface area contributed by atoms with Crippen molar-refractivity contribution in [2.24, 2.45) is 17.8 Å². The minimum Gasteiger partial charge on any atom is -0.618 e. The molecule has 218 valence electrons. The van der Waals surface area contributed by atoms with Crippen LogP contribution in [-0.2, 0) is 4.79 Å². The summed E-state index contributed by atoms with van der Waals surface area (Å²) >= 11 is 0. The molecule has 0 spiro atoms. The van der Waals surface area contributed by atoms with Crippen molar-refractivity contribution < 1.29 is 32.2 Å². The lowest BCUT2D eigenvalue weighted by atomic mass is 9.88. The third-order valence-corrected chi connectivity index (χ3v) is 7.55. The number of alkyl halides is 2. The van der Waals surface area contributed by atoms with E-state index in [4.69, 9.17) is 0 Å². The Bertz CT molecular complexity index is 1440. The summed E-state index contributed by atoms with van der Waals surface area (Å²) in [7, 11) is 0. The van der Waals surface area contributed by atoms with Crippen LogP contribution in [0.2, 0.25) is 0 Å². The second kappa shape index (κ2) is 11.4. The predicted octanol–water partition coefficient (Wildman–Crippen LogP) is 4.38. The zero-order valence-corrected chi connectivity index (χ0v) is 22.8. The van der Waals surface area contributed by atoms with Crippen molar-refractivity contribution in [2.45, 2.75) is 65.1 Å². The van der Waals surface area contributed by atoms with Crippen LogP contribution in [-0.4, -0.2) is 39.2 Å². The molecule has 0 unspecified atom stereocenters. The zero-order chi connectivity index (χ0) is 29.4. The van der Waals surface area contributed by atoms with Crippen molar-refractivity contribution in [1.29, 1.82) is 0 Å². The van der Waals surface area contributed by atoms with Crippen molar-refractivity contribution in [3.05, 3.63) is 59.2 Å². The Labute approximate surface area is 234 Å². The van der Waals surface area contributed by atoms with Gasteiger partial charge in [-0.1, -0.05) is 0 Å². The van der Waals surface area contributed by atoms with Crippen LogP contribution in [0.1, 0.15) is 61.8 Å². The molecule has 2 saturated carbocycles. The predicted molar refractivity (Wildman–Crippen MR) is 141 cm³/mol. The van der Waals surface area contributed by atoms with Gasteiger partial charge in [-0.15, -0.1) is 0 Å². The Morgan fingerprint density at radius 1 is 1.12 bits per heavy atom. The topological polar surface area (TPSA) is 125 Å². The van der Waals surface area contributed by atoms with Crippen molar-refractivity contribution in [3.63, 3.8) is 0 Å². The largest absolute Gasteiger partial charge is 0.618 e. The van der Waals surface area contributed by atoms with Gasteiger partial charge in [0.25, 0.3) is 5.91 Å². The molecule has 1 atom stereocenters. The van der Waals surface area contributed by atoms with Gasteiger partial charge in [-0.2, -0.15) is 23.0 Å². The van der Waals surface area contributed by atoms with E-state index in [9.17, 15) is 23.6 Å². The molecule has 13 heteroatoms. The van der Waals surface area contributed by atoms with Gasteiger partial charge in [0.05, 0.1) is 5.56 Å². The number of nitrogens with zero attached hydrogens (tertiary/aromatic N) is 4. The molecule has 3 aromatic rings. The number of aromatic nitrogens is 4. The Balaban J connectivity index is 1.39. The van der Waals surface area contributed by atoms with Gasteiger partial charge in [-0.05, 0) is 75.5 Å². The molecule has 0 bridgehead atoms. The summed E-state index contributed by atoms with van der Waals surface area (Å²) in [6, 6.07) is 4.43. The summed E-state index contributed by atoms with van der Waals surface area (Å²) in [5.41, 5.74) is 0.255. The minimum atomic E-state index is -3.17. The van der Waals surface area contributed by atoms with Crippen LogP contribution in [0.25, 0.3) is 11.1 Å². The third-order valence-electron chi connectivity index (χ3n) is 7.55. The summed E-state index contributed by atoms with van der Waals surface area (Å²) in [6.07, 6.45) is 6.24. The van der Waals surface area contributed by atoms with Crippen molar-refractivity contribution in [2.75, 3.05) is 5.32 Å². The monoisotopic (exact) mass is 572 g/mol. The molecule has 0 saturated heterocycles. The molecule has 5 rings (SSSR count). The van der Waals surface area contributed by atoms with Crippen molar-refractivity contribution in [1.82, 2.24) is 20.1 Å². The van der Waals surface area contributed by atoms with Crippen LogP contribution >= 0.6 is 0 Å². The molecule has 2 N–H and O–H groups in total. The lowest BCUT2D eigenvalue weighted by molar-refractivity contribution is -0.612. The van der Waals surface area contributed by atoms with Crippen LogP contribution in [0.5, 0.6) is 5.75 Å². The molecule has 0 aromatic carbocycles. The standard InChI is InChI=1S/C28H31F3N6O4/c1-14(2)37-21(10-11-32-37)26(38)35-24(23(16-4-5-16)17-6-7-17)27(39)34-22-9-8-19(25(29)33-22)20-12-18(41-28(30)31)13-36(40)15(20)3/h8-14,16-17,23-24,28H,4-7H2,1-3H3,(H,35,38)(H,33,34,39)/t24-/m0/s1. The summed E-state index contributed by atoms with van der Waals surface area (Å²) in [4.78, 5) is 30.8. The van der Waals surface area contributed by atoms with Crippen molar-refractivity contribution in [3.8, 4) is 16.9 Å². The molecule has 41 heavy (non-hydrogen) atoms. The van der Waals surface area contributed by atoms with Gasteiger partial charge in [0.15, 0.2) is 11.4 Å². The number of carbonyl (C=O) groups excluding carboxylic acids is 2. The molecular formula is C28H31F3N6O4. The van der Waals surface area contributed by atoms with Crippen LogP contribution in [0.3, 0.4) is 0 Å². The van der Waals surface area contributed by atoms with E-state index in [-0.39, 0.29) is 34.6 Å². The van der Waals surface area contributed by atoms with E-state index >= 15 is 4.39 Å². The number of nitrogens with one attached hydrogen (secondary N) is 2. The minimum absolute atomic E-state index is 0.00969. The van der Waals surface area contributed by atoms with E-state index in [1.807, 2.05) is 13.8 Å². The first-order valence-electron chi connectivity index (χ1n) is 13.5. The number of anilines is 1. The number of hydrogen-bond acceptors (Lipinski definition) is 6. The smallest absolute Gasteiger partial charge is 0.387 e. The number of halogens is 3. The second-order valence-corrected chi connectivity index (χ2v) is 10.9. The number of carbonyl (C=O) groups is 2. The molecule has 2 fully saturated rings. The molecule has 0 radical (unpaired) electrons. The van der Waals surface area contributed by atoms with E-state index in [1.165, 1.54) is 25.3 Å². The number of hydrogen-bond donors (Lipinski definition) is 2. The summed E-state index contributed by atoms with van der Waals surface area (Å²) in [5, 5.41) is 21.9. The van der Waals surface area contributed by atoms with Gasteiger partial charge in [0, 0.05) is 30.8 Å². The summed E-state index contributed by atoms with van der Waals surface area (Å²) < 4.78 is 46.8. The molecule has 3 aromatic heterocycles. The van der Waals surface area contributed by atoms with Gasteiger partial charge in [0.1, 0.15) is 17.6 Å². The SMILES string of the molecule is Cc1c(-c2ccc(NC(=O)[C@@H](NC(=O)c3ccnn3C(C)C)C(C3CC3)C3CC3)nc2F)cc(OC(F)F)c[n+]1[O-]. The molecular weight excluding hydrogens is 541 g/mol. The third kappa shape index (κ3) is 6.28. The second-order valence-electron chi connectivity index (χ2n) is 10.9. The van der Waals surface area contributed by atoms with Gasteiger partial charge < -0.3 is 20.6 Å². The first kappa shape index (κ1) is 28.4. The van der Waals surface area contributed by atoms with E-state index in [2.05, 4.69) is 25.5 Å². The number of ether oxygens (including phenoxy) is 1. The Hall–Kier alpha value is -4.16. The number of pyridine rings is 2.